The zero-order valence-electron chi connectivity index (χ0n) is 10.5. The zero-order chi connectivity index (χ0) is 13.7. The van der Waals surface area contributed by atoms with Gasteiger partial charge in [0.1, 0.15) is 5.75 Å². The number of carbonyl (C=O) groups is 1. The van der Waals surface area contributed by atoms with Crippen LogP contribution in [0, 0.1) is 6.92 Å². The first-order valence-corrected chi connectivity index (χ1v) is 6.85. The molecule has 5 nitrogen and oxygen atoms in total. The third-order valence-electron chi connectivity index (χ3n) is 2.64. The van der Waals surface area contributed by atoms with E-state index in [1.54, 1.807) is 0 Å². The molecule has 0 bridgehead atoms. The lowest BCUT2D eigenvalue weighted by Crippen LogP contribution is -1.97. The highest BCUT2D eigenvalue weighted by atomic mass is 32.2. The number of rotatable bonds is 6. The van der Waals surface area contributed by atoms with Crippen molar-refractivity contribution >= 4 is 17.7 Å². The average molecular weight is 278 g/mol. The van der Waals surface area contributed by atoms with E-state index in [0.29, 0.717) is 17.5 Å². The Labute approximate surface area is 115 Å². The van der Waals surface area contributed by atoms with Crippen molar-refractivity contribution in [3.63, 3.8) is 0 Å². The molecule has 0 amide bonds. The second-order valence-corrected chi connectivity index (χ2v) is 5.00. The third kappa shape index (κ3) is 4.10. The van der Waals surface area contributed by atoms with Crippen molar-refractivity contribution in [2.45, 2.75) is 25.0 Å². The van der Waals surface area contributed by atoms with E-state index in [2.05, 4.69) is 29.3 Å². The molecule has 0 unspecified atom stereocenters. The molecule has 1 N–H and O–H groups in total. The molecule has 19 heavy (non-hydrogen) atoms. The number of carboxylic acids is 1. The van der Waals surface area contributed by atoms with Gasteiger partial charge in [-0.05, 0) is 24.5 Å². The highest BCUT2D eigenvalue weighted by Crippen LogP contribution is 2.17. The zero-order valence-corrected chi connectivity index (χ0v) is 11.3. The van der Waals surface area contributed by atoms with Gasteiger partial charge in [0.15, 0.2) is 0 Å². The maximum atomic E-state index is 10.4. The number of hydrogen-bond donors (Lipinski definition) is 1. The number of aromatic nitrogens is 2. The highest BCUT2D eigenvalue weighted by molar-refractivity contribution is 7.99. The van der Waals surface area contributed by atoms with Crippen LogP contribution in [0.3, 0.4) is 0 Å². The number of thioether (sulfide) groups is 1. The summed E-state index contributed by atoms with van der Waals surface area (Å²) >= 11 is 1.03. The summed E-state index contributed by atoms with van der Waals surface area (Å²) in [6.45, 7) is 2.07. The van der Waals surface area contributed by atoms with Gasteiger partial charge in [0.25, 0.3) is 5.22 Å². The van der Waals surface area contributed by atoms with E-state index in [1.165, 1.54) is 11.1 Å². The Morgan fingerprint density at radius 1 is 1.32 bits per heavy atom. The van der Waals surface area contributed by atoms with E-state index in [0.717, 1.165) is 18.2 Å². The van der Waals surface area contributed by atoms with Crippen LogP contribution in [-0.2, 0) is 17.6 Å². The molecule has 6 heteroatoms. The van der Waals surface area contributed by atoms with Crippen molar-refractivity contribution in [1.82, 2.24) is 10.2 Å². The van der Waals surface area contributed by atoms with Crippen molar-refractivity contribution in [2.75, 3.05) is 5.75 Å². The predicted molar refractivity (Wildman–Crippen MR) is 71.2 cm³/mol. The molecule has 1 aromatic heterocycles. The predicted octanol–water partition coefficient (Wildman–Crippen LogP) is 2.34. The van der Waals surface area contributed by atoms with Gasteiger partial charge in [-0.1, -0.05) is 36.0 Å². The summed E-state index contributed by atoms with van der Waals surface area (Å²) in [6, 6.07) is 8.15. The Morgan fingerprint density at radius 3 is 2.84 bits per heavy atom. The van der Waals surface area contributed by atoms with Gasteiger partial charge in [-0.15, -0.1) is 10.2 Å². The van der Waals surface area contributed by atoms with Crippen LogP contribution in [0.2, 0.25) is 0 Å². The molecule has 100 valence electrons. The number of aliphatic carboxylic acids is 1. The van der Waals surface area contributed by atoms with E-state index in [4.69, 9.17) is 9.52 Å². The molecular weight excluding hydrogens is 264 g/mol. The summed E-state index contributed by atoms with van der Waals surface area (Å²) in [5.74, 6) is -0.430. The first kappa shape index (κ1) is 13.6. The number of hydrogen-bond acceptors (Lipinski definition) is 5. The van der Waals surface area contributed by atoms with Crippen LogP contribution < -0.4 is 0 Å². The molecule has 0 aliphatic heterocycles. The fourth-order valence-corrected chi connectivity index (χ4v) is 2.15. The van der Waals surface area contributed by atoms with Gasteiger partial charge < -0.3 is 9.52 Å². The molecule has 0 spiro atoms. The Hall–Kier alpha value is -1.82. The number of carboxylic acid groups (broad SMARTS) is 1. The minimum absolute atomic E-state index is 0.0700. The Balaban J connectivity index is 1.90. The fourth-order valence-electron chi connectivity index (χ4n) is 1.65. The molecule has 0 radical (unpaired) electrons. The quantitative estimate of drug-likeness (QED) is 0.817. The van der Waals surface area contributed by atoms with Gasteiger partial charge in [0.2, 0.25) is 5.89 Å². The van der Waals surface area contributed by atoms with E-state index < -0.39 is 5.97 Å². The van der Waals surface area contributed by atoms with Crippen molar-refractivity contribution in [3.8, 4) is 0 Å². The minimum atomic E-state index is -0.898. The Kier molecular flexibility index (Phi) is 4.57. The molecule has 0 atom stereocenters. The lowest BCUT2D eigenvalue weighted by molar-refractivity contribution is -0.133. The summed E-state index contributed by atoms with van der Waals surface area (Å²) in [5, 5.41) is 16.6. The summed E-state index contributed by atoms with van der Waals surface area (Å²) in [4.78, 5) is 10.4. The van der Waals surface area contributed by atoms with Gasteiger partial charge in [-0.3, -0.25) is 4.79 Å². The van der Waals surface area contributed by atoms with Crippen LogP contribution in [0.1, 0.15) is 17.0 Å². The number of aryl methyl sites for hydroxylation is 3. The molecule has 0 aliphatic rings. The van der Waals surface area contributed by atoms with E-state index in [-0.39, 0.29) is 5.75 Å². The van der Waals surface area contributed by atoms with Gasteiger partial charge in [-0.2, -0.15) is 0 Å². The third-order valence-corrected chi connectivity index (χ3v) is 3.44. The second-order valence-electron chi connectivity index (χ2n) is 4.07. The van der Waals surface area contributed by atoms with Gasteiger partial charge in [0, 0.05) is 6.42 Å². The van der Waals surface area contributed by atoms with E-state index in [9.17, 15) is 4.79 Å². The van der Waals surface area contributed by atoms with Gasteiger partial charge in [-0.25, -0.2) is 0 Å². The van der Waals surface area contributed by atoms with Crippen LogP contribution in [0.4, 0.5) is 0 Å². The molecule has 0 fully saturated rings. The monoisotopic (exact) mass is 278 g/mol. The van der Waals surface area contributed by atoms with Crippen LogP contribution in [0.5, 0.6) is 0 Å². The number of nitrogens with zero attached hydrogens (tertiary/aromatic N) is 2. The molecular formula is C13H14N2O3S. The molecule has 2 rings (SSSR count). The maximum absolute atomic E-state index is 10.4. The second kappa shape index (κ2) is 6.38. The highest BCUT2D eigenvalue weighted by Gasteiger charge is 2.09. The lowest BCUT2D eigenvalue weighted by Gasteiger charge is -2.02. The van der Waals surface area contributed by atoms with Crippen LogP contribution in [0.25, 0.3) is 0 Å². The smallest absolute Gasteiger partial charge is 0.314 e. The molecule has 0 saturated heterocycles. The van der Waals surface area contributed by atoms with Gasteiger partial charge >= 0.3 is 5.97 Å². The topological polar surface area (TPSA) is 76.2 Å². The standard InChI is InChI=1S/C13H14N2O3S/c1-9-4-2-3-5-10(9)6-7-11-14-15-13(18-11)19-8-12(16)17/h2-5H,6-8H2,1H3,(H,16,17). The first-order chi connectivity index (χ1) is 9.15. The molecule has 1 aromatic carbocycles. The minimum Gasteiger partial charge on any atom is -0.481 e. The van der Waals surface area contributed by atoms with Crippen molar-refractivity contribution in [1.29, 1.82) is 0 Å². The molecule has 2 aromatic rings. The Bertz CT molecular complexity index is 569. The average Bonchev–Trinajstić information content (AvgIpc) is 2.83. The molecule has 0 aliphatic carbocycles. The first-order valence-electron chi connectivity index (χ1n) is 5.86. The summed E-state index contributed by atoms with van der Waals surface area (Å²) in [6.07, 6.45) is 1.49. The van der Waals surface area contributed by atoms with Crippen LogP contribution in [-0.4, -0.2) is 27.0 Å². The van der Waals surface area contributed by atoms with E-state index in [1.807, 2.05) is 12.1 Å². The summed E-state index contributed by atoms with van der Waals surface area (Å²) in [7, 11) is 0. The van der Waals surface area contributed by atoms with Crippen LogP contribution >= 0.6 is 11.8 Å². The fraction of sp³-hybridized carbons (Fsp3) is 0.308. The van der Waals surface area contributed by atoms with E-state index >= 15 is 0 Å². The van der Waals surface area contributed by atoms with Crippen LogP contribution in [0.15, 0.2) is 33.9 Å². The summed E-state index contributed by atoms with van der Waals surface area (Å²) < 4.78 is 5.37. The normalized spacial score (nSPS) is 10.6. The number of benzene rings is 1. The Morgan fingerprint density at radius 2 is 2.11 bits per heavy atom. The van der Waals surface area contributed by atoms with Crippen molar-refractivity contribution in [2.24, 2.45) is 0 Å². The largest absolute Gasteiger partial charge is 0.481 e. The molecule has 1 heterocycles. The maximum Gasteiger partial charge on any atom is 0.314 e. The molecule has 0 saturated carbocycles. The van der Waals surface area contributed by atoms with Crippen molar-refractivity contribution < 1.29 is 14.3 Å². The van der Waals surface area contributed by atoms with Gasteiger partial charge in [0.05, 0.1) is 0 Å². The lowest BCUT2D eigenvalue weighted by atomic mass is 10.0. The SMILES string of the molecule is Cc1ccccc1CCc1nnc(SCC(=O)O)o1. The summed E-state index contributed by atoms with van der Waals surface area (Å²) in [5.41, 5.74) is 2.49. The van der Waals surface area contributed by atoms with Crippen molar-refractivity contribution in [3.05, 3.63) is 41.3 Å².